The van der Waals surface area contributed by atoms with Crippen molar-refractivity contribution in [1.82, 2.24) is 20.0 Å². The van der Waals surface area contributed by atoms with Gasteiger partial charge in [-0.25, -0.2) is 9.99 Å². The zero-order valence-electron chi connectivity index (χ0n) is 19.4. The van der Waals surface area contributed by atoms with Crippen LogP contribution in [0, 0.1) is 6.92 Å². The number of nitrogens with two attached hydrogens (primary N) is 1. The van der Waals surface area contributed by atoms with Crippen LogP contribution in [0.1, 0.15) is 37.9 Å². The van der Waals surface area contributed by atoms with E-state index in [9.17, 15) is 4.79 Å². The highest BCUT2D eigenvalue weighted by Crippen LogP contribution is 2.24. The second kappa shape index (κ2) is 9.27. The van der Waals surface area contributed by atoms with Gasteiger partial charge in [-0.15, -0.1) is 0 Å². The Morgan fingerprint density at radius 3 is 2.31 bits per heavy atom. The number of pyridine rings is 1. The minimum atomic E-state index is 0.00567. The first kappa shape index (κ1) is 22.2. The SMILES string of the molecule is Cc1ccc(-c2cccc(-c3ccc(CC(=O)NN4C(C)CC(N)CC4C)cc3)n2)n1C. The van der Waals surface area contributed by atoms with Gasteiger partial charge in [0.25, 0.3) is 0 Å². The highest BCUT2D eigenvalue weighted by atomic mass is 16.2. The second-order valence-electron chi connectivity index (χ2n) is 9.07. The molecule has 0 aliphatic carbocycles. The number of nitrogens with zero attached hydrogens (tertiary/aromatic N) is 3. The van der Waals surface area contributed by atoms with E-state index in [0.29, 0.717) is 6.42 Å². The molecule has 3 N–H and O–H groups in total. The van der Waals surface area contributed by atoms with Crippen molar-refractivity contribution in [1.29, 1.82) is 0 Å². The normalized spacial score (nSPS) is 21.5. The van der Waals surface area contributed by atoms with Crippen LogP contribution in [-0.2, 0) is 18.3 Å². The summed E-state index contributed by atoms with van der Waals surface area (Å²) >= 11 is 0. The summed E-state index contributed by atoms with van der Waals surface area (Å²) in [6.07, 6.45) is 2.14. The first-order valence-corrected chi connectivity index (χ1v) is 11.3. The number of rotatable bonds is 5. The van der Waals surface area contributed by atoms with Gasteiger partial charge in [0.05, 0.1) is 23.5 Å². The molecular formula is C26H33N5O. The van der Waals surface area contributed by atoms with Crippen LogP contribution in [0.4, 0.5) is 0 Å². The molecule has 2 unspecified atom stereocenters. The van der Waals surface area contributed by atoms with Gasteiger partial charge in [0.2, 0.25) is 5.91 Å². The van der Waals surface area contributed by atoms with E-state index in [0.717, 1.165) is 41.1 Å². The topological polar surface area (TPSA) is 76.2 Å². The molecule has 32 heavy (non-hydrogen) atoms. The Kier molecular flexibility index (Phi) is 6.44. The number of hydrogen-bond acceptors (Lipinski definition) is 4. The molecule has 0 radical (unpaired) electrons. The Morgan fingerprint density at radius 1 is 1.03 bits per heavy atom. The Labute approximate surface area is 190 Å². The lowest BCUT2D eigenvalue weighted by atomic mass is 9.95. The molecule has 2 atom stereocenters. The number of nitrogens with one attached hydrogen (secondary N) is 1. The van der Waals surface area contributed by atoms with Crippen molar-refractivity contribution in [2.75, 3.05) is 0 Å². The molecule has 1 amide bonds. The van der Waals surface area contributed by atoms with Gasteiger partial charge in [-0.2, -0.15) is 0 Å². The molecule has 6 heteroatoms. The molecule has 0 spiro atoms. The van der Waals surface area contributed by atoms with Crippen LogP contribution in [0.15, 0.2) is 54.6 Å². The molecule has 168 valence electrons. The number of hydrogen-bond donors (Lipinski definition) is 2. The molecule has 2 aromatic heterocycles. The molecular weight excluding hydrogens is 398 g/mol. The fourth-order valence-electron chi connectivity index (χ4n) is 4.63. The van der Waals surface area contributed by atoms with Crippen molar-refractivity contribution in [2.24, 2.45) is 12.8 Å². The molecule has 6 nitrogen and oxygen atoms in total. The Balaban J connectivity index is 1.43. The predicted octanol–water partition coefficient (Wildman–Crippen LogP) is 3.84. The van der Waals surface area contributed by atoms with Crippen LogP contribution in [-0.4, -0.2) is 38.6 Å². The van der Waals surface area contributed by atoms with Crippen LogP contribution < -0.4 is 11.2 Å². The quantitative estimate of drug-likeness (QED) is 0.644. The Morgan fingerprint density at radius 2 is 1.69 bits per heavy atom. The van der Waals surface area contributed by atoms with Gasteiger partial charge in [0.15, 0.2) is 0 Å². The van der Waals surface area contributed by atoms with Gasteiger partial charge in [-0.05, 0) is 63.4 Å². The van der Waals surface area contributed by atoms with Crippen molar-refractivity contribution in [2.45, 2.75) is 58.2 Å². The van der Waals surface area contributed by atoms with E-state index in [-0.39, 0.29) is 24.0 Å². The minimum absolute atomic E-state index is 0.00567. The highest BCUT2D eigenvalue weighted by molar-refractivity contribution is 5.78. The van der Waals surface area contributed by atoms with Crippen molar-refractivity contribution in [3.8, 4) is 22.6 Å². The lowest BCUT2D eigenvalue weighted by Gasteiger charge is -2.41. The third-order valence-electron chi connectivity index (χ3n) is 6.49. The molecule has 1 aromatic carbocycles. The lowest BCUT2D eigenvalue weighted by molar-refractivity contribution is -0.128. The summed E-state index contributed by atoms with van der Waals surface area (Å²) in [6.45, 7) is 6.31. The average molecular weight is 432 g/mol. The van der Waals surface area contributed by atoms with E-state index in [2.05, 4.69) is 55.0 Å². The minimum Gasteiger partial charge on any atom is -0.347 e. The smallest absolute Gasteiger partial charge is 0.238 e. The van der Waals surface area contributed by atoms with Crippen molar-refractivity contribution in [3.63, 3.8) is 0 Å². The molecule has 0 saturated carbocycles. The third-order valence-corrected chi connectivity index (χ3v) is 6.49. The van der Waals surface area contributed by atoms with Crippen molar-refractivity contribution < 1.29 is 4.79 Å². The molecule has 4 rings (SSSR count). The van der Waals surface area contributed by atoms with Crippen LogP contribution in [0.3, 0.4) is 0 Å². The maximum absolute atomic E-state index is 12.6. The van der Waals surface area contributed by atoms with Gasteiger partial charge in [-0.1, -0.05) is 30.3 Å². The standard InChI is InChI=1S/C26H33N5O/c1-17-8-13-25(30(17)4)24-7-5-6-23(28-24)21-11-9-20(10-12-21)16-26(32)29-31-18(2)14-22(27)15-19(31)3/h5-13,18-19,22H,14-16,27H2,1-4H3,(H,29,32). The molecule has 1 aliphatic heterocycles. The fourth-order valence-corrected chi connectivity index (χ4v) is 4.63. The van der Waals surface area contributed by atoms with Gasteiger partial charge in [0.1, 0.15) is 0 Å². The monoisotopic (exact) mass is 431 g/mol. The number of aryl methyl sites for hydroxylation is 1. The highest BCUT2D eigenvalue weighted by Gasteiger charge is 2.30. The summed E-state index contributed by atoms with van der Waals surface area (Å²) in [4.78, 5) is 17.5. The Hall–Kier alpha value is -2.96. The summed E-state index contributed by atoms with van der Waals surface area (Å²) in [5, 5.41) is 2.06. The van der Waals surface area contributed by atoms with Gasteiger partial charge in [-0.3, -0.25) is 10.2 Å². The van der Waals surface area contributed by atoms with E-state index in [1.807, 2.05) is 42.5 Å². The van der Waals surface area contributed by atoms with Gasteiger partial charge >= 0.3 is 0 Å². The van der Waals surface area contributed by atoms with Crippen LogP contribution in [0.5, 0.6) is 0 Å². The predicted molar refractivity (Wildman–Crippen MR) is 129 cm³/mol. The number of benzene rings is 1. The van der Waals surface area contributed by atoms with Crippen LogP contribution >= 0.6 is 0 Å². The zero-order chi connectivity index (χ0) is 22.8. The van der Waals surface area contributed by atoms with Crippen molar-refractivity contribution in [3.05, 3.63) is 65.9 Å². The second-order valence-corrected chi connectivity index (χ2v) is 9.07. The van der Waals surface area contributed by atoms with Crippen molar-refractivity contribution >= 4 is 5.91 Å². The summed E-state index contributed by atoms with van der Waals surface area (Å²) < 4.78 is 2.14. The summed E-state index contributed by atoms with van der Waals surface area (Å²) in [5.41, 5.74) is 15.4. The molecule has 1 saturated heterocycles. The number of carbonyl (C=O) groups excluding carboxylic acids is 1. The maximum Gasteiger partial charge on any atom is 0.238 e. The van der Waals surface area contributed by atoms with Gasteiger partial charge < -0.3 is 10.3 Å². The number of amides is 1. The molecule has 0 bridgehead atoms. The van der Waals surface area contributed by atoms with E-state index < -0.39 is 0 Å². The third kappa shape index (κ3) is 4.76. The number of piperidine rings is 1. The van der Waals surface area contributed by atoms with E-state index in [1.165, 1.54) is 5.69 Å². The number of aromatic nitrogens is 2. The number of hydrazine groups is 1. The average Bonchev–Trinajstić information content (AvgIpc) is 3.10. The first-order valence-electron chi connectivity index (χ1n) is 11.3. The first-order chi connectivity index (χ1) is 15.3. The molecule has 1 fully saturated rings. The molecule has 1 aliphatic rings. The lowest BCUT2D eigenvalue weighted by Crippen LogP contribution is -2.58. The molecule has 3 heterocycles. The fraction of sp³-hybridized carbons (Fsp3) is 0.385. The van der Waals surface area contributed by atoms with E-state index in [4.69, 9.17) is 10.7 Å². The van der Waals surface area contributed by atoms with Crippen LogP contribution in [0.25, 0.3) is 22.6 Å². The molecule has 3 aromatic rings. The zero-order valence-corrected chi connectivity index (χ0v) is 19.4. The largest absolute Gasteiger partial charge is 0.347 e. The summed E-state index contributed by atoms with van der Waals surface area (Å²) in [6, 6.07) is 19.1. The summed E-state index contributed by atoms with van der Waals surface area (Å²) in [7, 11) is 2.05. The summed E-state index contributed by atoms with van der Waals surface area (Å²) in [5.74, 6) is 0.00567. The van der Waals surface area contributed by atoms with E-state index >= 15 is 0 Å². The maximum atomic E-state index is 12.6. The van der Waals surface area contributed by atoms with E-state index in [1.54, 1.807) is 0 Å². The van der Waals surface area contributed by atoms with Crippen LogP contribution in [0.2, 0.25) is 0 Å². The van der Waals surface area contributed by atoms with Gasteiger partial charge in [0, 0.05) is 36.4 Å². The number of carbonyl (C=O) groups is 1. The Bertz CT molecular complexity index is 1080.